The van der Waals surface area contributed by atoms with Crippen molar-refractivity contribution in [2.45, 2.75) is 25.2 Å². The summed E-state index contributed by atoms with van der Waals surface area (Å²) in [4.78, 5) is 12.0. The summed E-state index contributed by atoms with van der Waals surface area (Å²) in [7, 11) is -7.76. The highest BCUT2D eigenvalue weighted by molar-refractivity contribution is 7.94. The van der Waals surface area contributed by atoms with Crippen molar-refractivity contribution in [2.75, 3.05) is 14.8 Å². The first-order chi connectivity index (χ1) is 12.9. The molecule has 3 rings (SSSR count). The van der Waals surface area contributed by atoms with Crippen LogP contribution in [-0.2, 0) is 24.8 Å². The first-order valence-corrected chi connectivity index (χ1v) is 11.9. The molecule has 11 heteroatoms. The van der Waals surface area contributed by atoms with Crippen LogP contribution in [0.4, 0.5) is 11.4 Å². The van der Waals surface area contributed by atoms with E-state index in [0.29, 0.717) is 16.1 Å². The number of carbonyl (C=O) groups is 1. The van der Waals surface area contributed by atoms with Crippen LogP contribution in [0.25, 0.3) is 0 Å². The Morgan fingerprint density at radius 3 is 2.18 bits per heavy atom. The quantitative estimate of drug-likeness (QED) is 0.749. The summed E-state index contributed by atoms with van der Waals surface area (Å²) in [5.74, 6) is -0.805. The first kappa shape index (κ1) is 20.9. The molecule has 7 nitrogen and oxygen atoms in total. The lowest BCUT2D eigenvalue weighted by atomic mass is 10.1. The fraction of sp³-hybridized carbons (Fsp3) is 0.235. The molecule has 2 aromatic carbocycles. The molecule has 1 aliphatic rings. The highest BCUT2D eigenvalue weighted by Gasteiger charge is 2.37. The van der Waals surface area contributed by atoms with E-state index in [0.717, 1.165) is 4.31 Å². The van der Waals surface area contributed by atoms with Gasteiger partial charge in [0.1, 0.15) is 0 Å². The summed E-state index contributed by atoms with van der Waals surface area (Å²) < 4.78 is 53.2. The maximum absolute atomic E-state index is 12.9. The lowest BCUT2D eigenvalue weighted by Crippen LogP contribution is -2.29. The average molecular weight is 463 g/mol. The van der Waals surface area contributed by atoms with Gasteiger partial charge in [0.15, 0.2) is 0 Å². The second-order valence-corrected chi connectivity index (χ2v) is 10.8. The SMILES string of the molecule is Cc1cc(N2C(=O)CCS2(=O)=O)cc(C)c1S(=O)(=O)Nc1ccc(Cl)cc1Cl. The lowest BCUT2D eigenvalue weighted by molar-refractivity contribution is -0.116. The van der Waals surface area contributed by atoms with Gasteiger partial charge >= 0.3 is 0 Å². The van der Waals surface area contributed by atoms with Crippen LogP contribution in [-0.4, -0.2) is 28.5 Å². The molecule has 0 spiro atoms. The summed E-state index contributed by atoms with van der Waals surface area (Å²) in [5, 5.41) is 0.498. The molecule has 1 fully saturated rings. The third-order valence-electron chi connectivity index (χ3n) is 4.20. The fourth-order valence-electron chi connectivity index (χ4n) is 3.11. The zero-order chi connectivity index (χ0) is 20.9. The number of hydrogen-bond donors (Lipinski definition) is 1. The maximum atomic E-state index is 12.9. The van der Waals surface area contributed by atoms with E-state index < -0.39 is 26.0 Å². The van der Waals surface area contributed by atoms with Gasteiger partial charge in [0.25, 0.3) is 10.0 Å². The predicted molar refractivity (Wildman–Crippen MR) is 109 cm³/mol. The topological polar surface area (TPSA) is 101 Å². The molecule has 1 aliphatic heterocycles. The minimum Gasteiger partial charge on any atom is -0.278 e. The van der Waals surface area contributed by atoms with Crippen LogP contribution in [0.3, 0.4) is 0 Å². The Balaban J connectivity index is 2.04. The Bertz CT molecular complexity index is 1170. The Hall–Kier alpha value is -1.81. The number of benzene rings is 2. The van der Waals surface area contributed by atoms with Gasteiger partial charge in [-0.25, -0.2) is 21.1 Å². The van der Waals surface area contributed by atoms with E-state index in [2.05, 4.69) is 4.72 Å². The van der Waals surface area contributed by atoms with Gasteiger partial charge in [-0.1, -0.05) is 23.2 Å². The standard InChI is InChI=1S/C17H16Cl2N2O5S2/c1-10-7-13(21-16(22)5-6-27(21,23)24)8-11(2)17(10)28(25,26)20-15-4-3-12(18)9-14(15)19/h3-4,7-9,20H,5-6H2,1-2H3. The Morgan fingerprint density at radius 2 is 1.68 bits per heavy atom. The van der Waals surface area contributed by atoms with E-state index in [1.165, 1.54) is 44.2 Å². The molecule has 0 aliphatic carbocycles. The van der Waals surface area contributed by atoms with Crippen LogP contribution in [0.5, 0.6) is 0 Å². The van der Waals surface area contributed by atoms with Crippen LogP contribution >= 0.6 is 23.2 Å². The van der Waals surface area contributed by atoms with Crippen molar-refractivity contribution in [3.63, 3.8) is 0 Å². The molecule has 1 saturated heterocycles. The zero-order valence-electron chi connectivity index (χ0n) is 14.9. The molecule has 28 heavy (non-hydrogen) atoms. The van der Waals surface area contributed by atoms with E-state index in [-0.39, 0.29) is 33.5 Å². The molecule has 1 heterocycles. The molecule has 2 aromatic rings. The molecular weight excluding hydrogens is 447 g/mol. The molecule has 0 bridgehead atoms. The Kier molecular flexibility index (Phi) is 5.39. The third kappa shape index (κ3) is 3.84. The minimum absolute atomic E-state index is 0.0219. The predicted octanol–water partition coefficient (Wildman–Crippen LogP) is 3.48. The fourth-order valence-corrected chi connectivity index (χ4v) is 6.60. The van der Waals surface area contributed by atoms with E-state index in [9.17, 15) is 21.6 Å². The van der Waals surface area contributed by atoms with Crippen molar-refractivity contribution in [1.82, 2.24) is 0 Å². The van der Waals surface area contributed by atoms with Crippen LogP contribution in [0, 0.1) is 13.8 Å². The van der Waals surface area contributed by atoms with E-state index in [4.69, 9.17) is 23.2 Å². The molecule has 1 N–H and O–H groups in total. The van der Waals surface area contributed by atoms with Gasteiger partial charge in [-0.2, -0.15) is 0 Å². The summed E-state index contributed by atoms with van der Waals surface area (Å²) in [6.45, 7) is 3.06. The number of carbonyl (C=O) groups excluding carboxylic acids is 1. The molecule has 0 unspecified atom stereocenters. The highest BCUT2D eigenvalue weighted by Crippen LogP contribution is 2.33. The van der Waals surface area contributed by atoms with Gasteiger partial charge in [0.2, 0.25) is 15.9 Å². The summed E-state index contributed by atoms with van der Waals surface area (Å²) in [5.41, 5.74) is 0.872. The number of rotatable bonds is 4. The summed E-state index contributed by atoms with van der Waals surface area (Å²) >= 11 is 11.9. The van der Waals surface area contributed by atoms with Gasteiger partial charge in [0, 0.05) is 11.4 Å². The number of halogens is 2. The largest absolute Gasteiger partial charge is 0.278 e. The molecule has 0 radical (unpaired) electrons. The zero-order valence-corrected chi connectivity index (χ0v) is 18.0. The normalized spacial score (nSPS) is 16.4. The monoisotopic (exact) mass is 462 g/mol. The van der Waals surface area contributed by atoms with Crippen molar-refractivity contribution >= 4 is 60.5 Å². The number of nitrogens with one attached hydrogen (secondary N) is 1. The number of hydrogen-bond acceptors (Lipinski definition) is 5. The number of aryl methyl sites for hydroxylation is 2. The molecule has 0 atom stereocenters. The van der Waals surface area contributed by atoms with Crippen molar-refractivity contribution in [1.29, 1.82) is 0 Å². The average Bonchev–Trinajstić information content (AvgIpc) is 2.82. The molecular formula is C17H16Cl2N2O5S2. The number of amides is 1. The number of nitrogens with zero attached hydrogens (tertiary/aromatic N) is 1. The van der Waals surface area contributed by atoms with Gasteiger partial charge in [-0.05, 0) is 55.3 Å². The van der Waals surface area contributed by atoms with Crippen LogP contribution in [0.1, 0.15) is 17.5 Å². The number of sulfonamides is 2. The molecule has 150 valence electrons. The van der Waals surface area contributed by atoms with Crippen molar-refractivity contribution in [2.24, 2.45) is 0 Å². The Labute approximate surface area is 173 Å². The maximum Gasteiger partial charge on any atom is 0.262 e. The highest BCUT2D eigenvalue weighted by atomic mass is 35.5. The smallest absolute Gasteiger partial charge is 0.262 e. The van der Waals surface area contributed by atoms with Crippen molar-refractivity contribution < 1.29 is 21.6 Å². The van der Waals surface area contributed by atoms with E-state index in [1.54, 1.807) is 0 Å². The van der Waals surface area contributed by atoms with E-state index >= 15 is 0 Å². The number of anilines is 2. The van der Waals surface area contributed by atoms with Crippen molar-refractivity contribution in [3.8, 4) is 0 Å². The lowest BCUT2D eigenvalue weighted by Gasteiger charge is -2.19. The second-order valence-electron chi connectivity index (χ2n) is 6.36. The summed E-state index contributed by atoms with van der Waals surface area (Å²) in [6, 6.07) is 7.08. The van der Waals surface area contributed by atoms with Gasteiger partial charge in [-0.3, -0.25) is 9.52 Å². The molecule has 1 amide bonds. The molecule has 0 saturated carbocycles. The third-order valence-corrected chi connectivity index (χ3v) is 8.11. The Morgan fingerprint density at radius 1 is 1.07 bits per heavy atom. The van der Waals surface area contributed by atoms with Crippen LogP contribution < -0.4 is 9.03 Å². The van der Waals surface area contributed by atoms with Crippen LogP contribution in [0.2, 0.25) is 10.0 Å². The molecule has 0 aromatic heterocycles. The minimum atomic E-state index is -4.02. The van der Waals surface area contributed by atoms with Gasteiger partial charge in [0.05, 0.1) is 27.0 Å². The summed E-state index contributed by atoms with van der Waals surface area (Å²) in [6.07, 6.45) is -0.100. The second kappa shape index (κ2) is 7.22. The first-order valence-electron chi connectivity index (χ1n) is 8.07. The van der Waals surface area contributed by atoms with Gasteiger partial charge in [-0.15, -0.1) is 0 Å². The van der Waals surface area contributed by atoms with Gasteiger partial charge < -0.3 is 0 Å². The van der Waals surface area contributed by atoms with Crippen LogP contribution in [0.15, 0.2) is 35.2 Å². The van der Waals surface area contributed by atoms with E-state index in [1.807, 2.05) is 0 Å². The van der Waals surface area contributed by atoms with Crippen molar-refractivity contribution in [3.05, 3.63) is 51.5 Å².